The van der Waals surface area contributed by atoms with E-state index in [0.717, 1.165) is 5.56 Å². The van der Waals surface area contributed by atoms with Gasteiger partial charge in [-0.05, 0) is 36.6 Å². The third kappa shape index (κ3) is 3.20. The Morgan fingerprint density at radius 2 is 2.04 bits per heavy atom. The van der Waals surface area contributed by atoms with E-state index >= 15 is 0 Å². The van der Waals surface area contributed by atoms with Gasteiger partial charge in [0.05, 0.1) is 17.7 Å². The Morgan fingerprint density at radius 1 is 1.27 bits per heavy atom. The molecule has 0 spiro atoms. The minimum absolute atomic E-state index is 0.195. The number of carbonyl (C=O) groups is 1. The van der Waals surface area contributed by atoms with Crippen LogP contribution in [-0.2, 0) is 11.3 Å². The first kappa shape index (κ1) is 17.4. The van der Waals surface area contributed by atoms with Crippen LogP contribution in [-0.4, -0.2) is 22.4 Å². The van der Waals surface area contributed by atoms with Gasteiger partial charge in [-0.3, -0.25) is 9.69 Å². The summed E-state index contributed by atoms with van der Waals surface area (Å²) in [5.74, 6) is 0.711. The lowest BCUT2D eigenvalue weighted by atomic mass is 9.85. The van der Waals surface area contributed by atoms with Gasteiger partial charge < -0.3 is 5.32 Å². The molecule has 0 bridgehead atoms. The molecule has 7 heteroatoms. The zero-order valence-corrected chi connectivity index (χ0v) is 14.4. The fourth-order valence-electron chi connectivity index (χ4n) is 2.96. The Hall–Kier alpha value is -3.45. The van der Waals surface area contributed by atoms with Crippen molar-refractivity contribution in [2.45, 2.75) is 26.3 Å². The van der Waals surface area contributed by atoms with E-state index < -0.39 is 5.41 Å². The van der Waals surface area contributed by atoms with Crippen molar-refractivity contribution in [2.24, 2.45) is 5.41 Å². The second kappa shape index (κ2) is 7.20. The van der Waals surface area contributed by atoms with Gasteiger partial charge in [0, 0.05) is 19.3 Å². The second-order valence-electron chi connectivity index (χ2n) is 6.15. The molecule has 2 heterocycles. The maximum atomic E-state index is 12.6. The molecule has 0 aliphatic carbocycles. The van der Waals surface area contributed by atoms with Crippen molar-refractivity contribution in [2.75, 3.05) is 16.8 Å². The average Bonchev–Trinajstić information content (AvgIpc) is 3.03. The summed E-state index contributed by atoms with van der Waals surface area (Å²) in [7, 11) is 0. The second-order valence-corrected chi connectivity index (χ2v) is 6.15. The molecule has 2 aromatic rings. The Balaban J connectivity index is 1.72. The number of nitrogens with one attached hydrogen (secondary N) is 1. The summed E-state index contributed by atoms with van der Waals surface area (Å²) in [5, 5.41) is 21.3. The molecule has 1 atom stereocenters. The molecule has 1 saturated heterocycles. The number of nitrogens with zero attached hydrogens (tertiary/aromatic N) is 5. The highest BCUT2D eigenvalue weighted by atomic mass is 16.2. The zero-order chi connectivity index (χ0) is 18.6. The first-order valence-corrected chi connectivity index (χ1v) is 8.41. The molecule has 7 nitrogen and oxygen atoms in total. The average molecular weight is 346 g/mol. The monoisotopic (exact) mass is 346 g/mol. The number of benzene rings is 1. The summed E-state index contributed by atoms with van der Waals surface area (Å²) in [5.41, 5.74) is 0.655. The van der Waals surface area contributed by atoms with Crippen LogP contribution in [0.15, 0.2) is 36.5 Å². The van der Waals surface area contributed by atoms with E-state index in [1.165, 1.54) is 0 Å². The lowest BCUT2D eigenvalue weighted by molar-refractivity contribution is -0.123. The Labute approximate surface area is 151 Å². The smallest absolute Gasteiger partial charge is 0.248 e. The molecule has 1 aliphatic heterocycles. The van der Waals surface area contributed by atoms with Gasteiger partial charge in [0.2, 0.25) is 11.9 Å². The standard InChI is InChI=1S/C19H18N6O/c1-2-19(13-21)8-10-25(17(19)26)16-7-9-22-18(24-16)23-12-15-5-3-14(11-20)4-6-15/h3-7,9H,2,8,10,12H2,1H3,(H,22,23,24). The van der Waals surface area contributed by atoms with Crippen LogP contribution >= 0.6 is 0 Å². The van der Waals surface area contributed by atoms with Gasteiger partial charge in [0.15, 0.2) is 0 Å². The quantitative estimate of drug-likeness (QED) is 0.892. The van der Waals surface area contributed by atoms with E-state index in [4.69, 9.17) is 5.26 Å². The number of rotatable bonds is 5. The maximum Gasteiger partial charge on any atom is 0.248 e. The predicted octanol–water partition coefficient (Wildman–Crippen LogP) is 2.62. The van der Waals surface area contributed by atoms with Crippen LogP contribution in [0, 0.1) is 28.1 Å². The summed E-state index contributed by atoms with van der Waals surface area (Å²) in [6, 6.07) is 13.2. The lowest BCUT2D eigenvalue weighted by Gasteiger charge is -2.19. The van der Waals surface area contributed by atoms with Crippen LogP contribution in [0.5, 0.6) is 0 Å². The van der Waals surface area contributed by atoms with E-state index in [0.29, 0.717) is 43.3 Å². The molecule has 26 heavy (non-hydrogen) atoms. The highest BCUT2D eigenvalue weighted by Gasteiger charge is 2.46. The summed E-state index contributed by atoms with van der Waals surface area (Å²) < 4.78 is 0. The van der Waals surface area contributed by atoms with E-state index in [2.05, 4.69) is 27.4 Å². The Morgan fingerprint density at radius 3 is 2.65 bits per heavy atom. The van der Waals surface area contributed by atoms with Crippen molar-refractivity contribution >= 4 is 17.7 Å². The largest absolute Gasteiger partial charge is 0.350 e. The summed E-state index contributed by atoms with van der Waals surface area (Å²) in [6.07, 6.45) is 2.60. The lowest BCUT2D eigenvalue weighted by Crippen LogP contribution is -2.33. The highest BCUT2D eigenvalue weighted by Crippen LogP contribution is 2.36. The van der Waals surface area contributed by atoms with Crippen molar-refractivity contribution < 1.29 is 4.79 Å². The molecule has 1 aromatic carbocycles. The van der Waals surface area contributed by atoms with E-state index in [1.807, 2.05) is 19.1 Å². The first-order chi connectivity index (χ1) is 12.6. The number of amides is 1. The molecule has 1 N–H and O–H groups in total. The minimum atomic E-state index is -0.943. The number of carbonyl (C=O) groups excluding carboxylic acids is 1. The predicted molar refractivity (Wildman–Crippen MR) is 95.8 cm³/mol. The number of hydrogen-bond donors (Lipinski definition) is 1. The van der Waals surface area contributed by atoms with Gasteiger partial charge in [-0.25, -0.2) is 4.98 Å². The van der Waals surface area contributed by atoms with Gasteiger partial charge >= 0.3 is 0 Å². The number of nitriles is 2. The van der Waals surface area contributed by atoms with Gasteiger partial charge in [0.25, 0.3) is 0 Å². The van der Waals surface area contributed by atoms with Crippen LogP contribution in [0.2, 0.25) is 0 Å². The molecule has 1 aliphatic rings. The van der Waals surface area contributed by atoms with Crippen molar-refractivity contribution in [3.8, 4) is 12.1 Å². The summed E-state index contributed by atoms with van der Waals surface area (Å²) in [4.78, 5) is 22.8. The minimum Gasteiger partial charge on any atom is -0.350 e. The van der Waals surface area contributed by atoms with Crippen molar-refractivity contribution in [1.82, 2.24) is 9.97 Å². The SMILES string of the molecule is CCC1(C#N)CCN(c2ccnc(NCc3ccc(C#N)cc3)n2)C1=O. The topological polar surface area (TPSA) is 106 Å². The number of hydrogen-bond acceptors (Lipinski definition) is 6. The van der Waals surface area contributed by atoms with Crippen molar-refractivity contribution in [3.63, 3.8) is 0 Å². The number of aromatic nitrogens is 2. The van der Waals surface area contributed by atoms with Gasteiger partial charge in [-0.15, -0.1) is 0 Å². The molecule has 0 radical (unpaired) electrons. The van der Waals surface area contributed by atoms with Crippen LogP contribution < -0.4 is 10.2 Å². The first-order valence-electron chi connectivity index (χ1n) is 8.41. The Kier molecular flexibility index (Phi) is 4.81. The third-order valence-electron chi connectivity index (χ3n) is 4.69. The highest BCUT2D eigenvalue weighted by molar-refractivity contribution is 6.01. The molecule has 1 fully saturated rings. The van der Waals surface area contributed by atoms with Gasteiger partial charge in [-0.1, -0.05) is 19.1 Å². The molecule has 1 unspecified atom stereocenters. The fraction of sp³-hybridized carbons (Fsp3) is 0.316. The molecule has 1 amide bonds. The van der Waals surface area contributed by atoms with Crippen LogP contribution in [0.3, 0.4) is 0 Å². The summed E-state index contributed by atoms with van der Waals surface area (Å²) in [6.45, 7) is 2.83. The molecule has 3 rings (SSSR count). The Bertz CT molecular complexity index is 895. The molecule has 1 aromatic heterocycles. The molecular formula is C19H18N6O. The molecule has 0 saturated carbocycles. The molecular weight excluding hydrogens is 328 g/mol. The molecule has 130 valence electrons. The summed E-state index contributed by atoms with van der Waals surface area (Å²) >= 11 is 0. The van der Waals surface area contributed by atoms with E-state index in [9.17, 15) is 10.1 Å². The van der Waals surface area contributed by atoms with Crippen LogP contribution in [0.25, 0.3) is 0 Å². The van der Waals surface area contributed by atoms with Crippen molar-refractivity contribution in [3.05, 3.63) is 47.7 Å². The van der Waals surface area contributed by atoms with Gasteiger partial charge in [-0.2, -0.15) is 15.5 Å². The fourth-order valence-corrected chi connectivity index (χ4v) is 2.96. The van der Waals surface area contributed by atoms with E-state index in [1.54, 1.807) is 29.3 Å². The van der Waals surface area contributed by atoms with E-state index in [-0.39, 0.29) is 5.91 Å². The maximum absolute atomic E-state index is 12.6. The zero-order valence-electron chi connectivity index (χ0n) is 14.4. The van der Waals surface area contributed by atoms with Crippen LogP contribution in [0.4, 0.5) is 11.8 Å². The van der Waals surface area contributed by atoms with Crippen molar-refractivity contribution in [1.29, 1.82) is 10.5 Å². The van der Waals surface area contributed by atoms with Gasteiger partial charge in [0.1, 0.15) is 11.2 Å². The normalized spacial score (nSPS) is 19.0. The third-order valence-corrected chi connectivity index (χ3v) is 4.69. The number of anilines is 2. The van der Waals surface area contributed by atoms with Crippen LogP contribution in [0.1, 0.15) is 30.9 Å².